The Morgan fingerprint density at radius 1 is 1.36 bits per heavy atom. The van der Waals surface area contributed by atoms with Crippen LogP contribution in [0.5, 0.6) is 5.75 Å². The number of hydrogen-bond acceptors (Lipinski definition) is 3. The SMILES string of the molecule is CCOCCCNC(N)=NCC(C)Oc1ccc(F)cc1.I. The van der Waals surface area contributed by atoms with Gasteiger partial charge in [-0.15, -0.1) is 24.0 Å². The van der Waals surface area contributed by atoms with Crippen molar-refractivity contribution in [3.63, 3.8) is 0 Å². The molecule has 7 heteroatoms. The maximum absolute atomic E-state index is 12.8. The summed E-state index contributed by atoms with van der Waals surface area (Å²) in [5.41, 5.74) is 5.74. The van der Waals surface area contributed by atoms with Gasteiger partial charge in [-0.3, -0.25) is 0 Å². The third-order valence-corrected chi connectivity index (χ3v) is 2.65. The van der Waals surface area contributed by atoms with Crippen molar-refractivity contribution in [2.24, 2.45) is 10.7 Å². The van der Waals surface area contributed by atoms with Gasteiger partial charge >= 0.3 is 0 Å². The molecule has 0 fully saturated rings. The Morgan fingerprint density at radius 2 is 2.05 bits per heavy atom. The van der Waals surface area contributed by atoms with E-state index in [9.17, 15) is 4.39 Å². The number of nitrogens with two attached hydrogens (primary N) is 1. The van der Waals surface area contributed by atoms with E-state index in [4.69, 9.17) is 15.2 Å². The van der Waals surface area contributed by atoms with E-state index in [2.05, 4.69) is 10.3 Å². The lowest BCUT2D eigenvalue weighted by Gasteiger charge is -2.13. The van der Waals surface area contributed by atoms with Gasteiger partial charge in [0, 0.05) is 19.8 Å². The largest absolute Gasteiger partial charge is 0.489 e. The number of nitrogens with one attached hydrogen (secondary N) is 1. The van der Waals surface area contributed by atoms with Crippen LogP contribution in [-0.2, 0) is 4.74 Å². The number of nitrogens with zero attached hydrogens (tertiary/aromatic N) is 1. The fraction of sp³-hybridized carbons (Fsp3) is 0.533. The van der Waals surface area contributed by atoms with Crippen LogP contribution in [0.25, 0.3) is 0 Å². The number of rotatable bonds is 9. The molecule has 0 saturated carbocycles. The van der Waals surface area contributed by atoms with Crippen LogP contribution in [0.2, 0.25) is 0 Å². The molecule has 0 radical (unpaired) electrons. The van der Waals surface area contributed by atoms with Crippen LogP contribution in [0.4, 0.5) is 4.39 Å². The number of hydrogen-bond donors (Lipinski definition) is 2. The molecule has 22 heavy (non-hydrogen) atoms. The maximum Gasteiger partial charge on any atom is 0.188 e. The van der Waals surface area contributed by atoms with E-state index < -0.39 is 0 Å². The molecule has 5 nitrogen and oxygen atoms in total. The Labute approximate surface area is 148 Å². The molecular weight excluding hydrogens is 400 g/mol. The van der Waals surface area contributed by atoms with Crippen molar-refractivity contribution in [3.8, 4) is 5.75 Å². The Balaban J connectivity index is 0.00000441. The van der Waals surface area contributed by atoms with Gasteiger partial charge in [0.15, 0.2) is 5.96 Å². The molecule has 0 aliphatic rings. The average molecular weight is 425 g/mol. The highest BCUT2D eigenvalue weighted by atomic mass is 127. The van der Waals surface area contributed by atoms with Crippen molar-refractivity contribution in [2.75, 3.05) is 26.3 Å². The normalized spacial score (nSPS) is 12.4. The highest BCUT2D eigenvalue weighted by Gasteiger charge is 2.03. The van der Waals surface area contributed by atoms with Gasteiger partial charge < -0.3 is 20.5 Å². The summed E-state index contributed by atoms with van der Waals surface area (Å²) in [5.74, 6) is 0.719. The zero-order valence-corrected chi connectivity index (χ0v) is 15.4. The molecule has 0 saturated heterocycles. The first-order valence-electron chi connectivity index (χ1n) is 7.15. The first-order chi connectivity index (χ1) is 10.1. The summed E-state index contributed by atoms with van der Waals surface area (Å²) in [6.45, 7) is 6.44. The summed E-state index contributed by atoms with van der Waals surface area (Å²) < 4.78 is 23.6. The molecule has 0 aliphatic carbocycles. The number of guanidine groups is 1. The van der Waals surface area contributed by atoms with Crippen LogP contribution in [-0.4, -0.2) is 38.4 Å². The Bertz CT molecular complexity index is 429. The molecule has 1 aromatic carbocycles. The molecule has 0 aliphatic heterocycles. The van der Waals surface area contributed by atoms with Gasteiger partial charge in [0.05, 0.1) is 6.54 Å². The fourth-order valence-corrected chi connectivity index (χ4v) is 1.60. The number of benzene rings is 1. The molecule has 1 rings (SSSR count). The second-order valence-electron chi connectivity index (χ2n) is 4.59. The Kier molecular flexibility index (Phi) is 11.8. The monoisotopic (exact) mass is 425 g/mol. The summed E-state index contributed by atoms with van der Waals surface area (Å²) in [5, 5.41) is 3.01. The van der Waals surface area contributed by atoms with E-state index in [1.54, 1.807) is 12.1 Å². The lowest BCUT2D eigenvalue weighted by atomic mass is 10.3. The molecule has 0 amide bonds. The highest BCUT2D eigenvalue weighted by Crippen LogP contribution is 2.12. The lowest BCUT2D eigenvalue weighted by molar-refractivity contribution is 0.145. The van der Waals surface area contributed by atoms with Gasteiger partial charge in [-0.2, -0.15) is 0 Å². The van der Waals surface area contributed by atoms with Crippen molar-refractivity contribution in [1.29, 1.82) is 0 Å². The summed E-state index contributed by atoms with van der Waals surface area (Å²) in [6.07, 6.45) is 0.741. The van der Waals surface area contributed by atoms with Gasteiger partial charge in [0.2, 0.25) is 0 Å². The van der Waals surface area contributed by atoms with Crippen molar-refractivity contribution in [2.45, 2.75) is 26.4 Å². The molecule has 0 heterocycles. The van der Waals surface area contributed by atoms with Crippen LogP contribution >= 0.6 is 24.0 Å². The zero-order chi connectivity index (χ0) is 15.5. The predicted octanol–water partition coefficient (Wildman–Crippen LogP) is 2.54. The van der Waals surface area contributed by atoms with Crippen LogP contribution in [0.1, 0.15) is 20.3 Å². The second kappa shape index (κ2) is 12.5. The minimum Gasteiger partial charge on any atom is -0.489 e. The predicted molar refractivity (Wildman–Crippen MR) is 97.5 cm³/mol. The third kappa shape index (κ3) is 9.78. The first-order valence-corrected chi connectivity index (χ1v) is 7.15. The van der Waals surface area contributed by atoms with Gasteiger partial charge in [0.25, 0.3) is 0 Å². The molecule has 0 aromatic heterocycles. The number of aliphatic imine (C=N–C) groups is 1. The maximum atomic E-state index is 12.8. The molecule has 126 valence electrons. The molecular formula is C15H25FIN3O2. The van der Waals surface area contributed by atoms with Crippen LogP contribution < -0.4 is 15.8 Å². The highest BCUT2D eigenvalue weighted by molar-refractivity contribution is 14.0. The fourth-order valence-electron chi connectivity index (χ4n) is 1.60. The van der Waals surface area contributed by atoms with E-state index in [0.29, 0.717) is 24.9 Å². The van der Waals surface area contributed by atoms with Crippen molar-refractivity contribution in [3.05, 3.63) is 30.1 Å². The summed E-state index contributed by atoms with van der Waals surface area (Å²) >= 11 is 0. The van der Waals surface area contributed by atoms with E-state index in [-0.39, 0.29) is 35.9 Å². The number of halogens is 2. The topological polar surface area (TPSA) is 68.9 Å². The summed E-state index contributed by atoms with van der Waals surface area (Å²) in [4.78, 5) is 4.20. The summed E-state index contributed by atoms with van der Waals surface area (Å²) in [6, 6.07) is 5.90. The zero-order valence-electron chi connectivity index (χ0n) is 13.0. The van der Waals surface area contributed by atoms with Crippen molar-refractivity contribution < 1.29 is 13.9 Å². The van der Waals surface area contributed by atoms with Crippen LogP contribution in [0, 0.1) is 5.82 Å². The van der Waals surface area contributed by atoms with Gasteiger partial charge in [-0.1, -0.05) is 0 Å². The van der Waals surface area contributed by atoms with E-state index in [1.807, 2.05) is 13.8 Å². The van der Waals surface area contributed by atoms with E-state index in [0.717, 1.165) is 19.6 Å². The van der Waals surface area contributed by atoms with Gasteiger partial charge in [0.1, 0.15) is 17.7 Å². The molecule has 0 bridgehead atoms. The van der Waals surface area contributed by atoms with Crippen LogP contribution in [0.15, 0.2) is 29.3 Å². The lowest BCUT2D eigenvalue weighted by Crippen LogP contribution is -2.34. The first kappa shape index (κ1) is 20.9. The molecule has 1 atom stereocenters. The molecule has 1 unspecified atom stereocenters. The Hall–Kier alpha value is -1.09. The average Bonchev–Trinajstić information content (AvgIpc) is 2.47. The van der Waals surface area contributed by atoms with E-state index >= 15 is 0 Å². The molecule has 3 N–H and O–H groups in total. The molecule has 0 spiro atoms. The van der Waals surface area contributed by atoms with Gasteiger partial charge in [-0.05, 0) is 44.5 Å². The van der Waals surface area contributed by atoms with E-state index in [1.165, 1.54) is 12.1 Å². The number of ether oxygens (including phenoxy) is 2. The van der Waals surface area contributed by atoms with Crippen molar-refractivity contribution in [1.82, 2.24) is 5.32 Å². The smallest absolute Gasteiger partial charge is 0.188 e. The van der Waals surface area contributed by atoms with Gasteiger partial charge in [-0.25, -0.2) is 9.38 Å². The summed E-state index contributed by atoms with van der Waals surface area (Å²) in [7, 11) is 0. The quantitative estimate of drug-likeness (QED) is 0.276. The Morgan fingerprint density at radius 3 is 2.68 bits per heavy atom. The standard InChI is InChI=1S/C15H24FN3O2.HI/c1-3-20-10-4-9-18-15(17)19-11-12(2)21-14-7-5-13(16)6-8-14;/h5-8,12H,3-4,9-11H2,1-2H3,(H3,17,18,19);1H. The minimum atomic E-state index is -0.284. The second-order valence-corrected chi connectivity index (χ2v) is 4.59. The minimum absolute atomic E-state index is 0. The molecule has 1 aromatic rings. The van der Waals surface area contributed by atoms with Crippen molar-refractivity contribution >= 4 is 29.9 Å². The van der Waals surface area contributed by atoms with Crippen LogP contribution in [0.3, 0.4) is 0 Å². The third-order valence-electron chi connectivity index (χ3n) is 2.65.